The highest BCUT2D eigenvalue weighted by molar-refractivity contribution is 5.94. The van der Waals surface area contributed by atoms with Crippen molar-refractivity contribution in [3.63, 3.8) is 0 Å². The molecule has 0 aliphatic rings. The molecule has 0 radical (unpaired) electrons. The van der Waals surface area contributed by atoms with Crippen LogP contribution in [0.4, 0.5) is 0 Å². The summed E-state index contributed by atoms with van der Waals surface area (Å²) in [5.41, 5.74) is 0.951. The summed E-state index contributed by atoms with van der Waals surface area (Å²) in [6, 6.07) is 16.2. The van der Waals surface area contributed by atoms with Gasteiger partial charge in [-0.3, -0.25) is 9.59 Å². The molecule has 0 unspecified atom stereocenters. The third-order valence-electron chi connectivity index (χ3n) is 5.18. The van der Waals surface area contributed by atoms with Gasteiger partial charge < -0.3 is 5.11 Å². The van der Waals surface area contributed by atoms with Crippen molar-refractivity contribution in [2.75, 3.05) is 0 Å². The molecular formula is C24H22N4O4. The maximum atomic E-state index is 12.8. The molecule has 4 aromatic rings. The molecule has 4 rings (SSSR count). The van der Waals surface area contributed by atoms with Crippen LogP contribution in [0, 0.1) is 5.41 Å². The van der Waals surface area contributed by atoms with Crippen LogP contribution in [0.1, 0.15) is 31.1 Å². The third kappa shape index (κ3) is 3.82. The number of rotatable bonds is 5. The van der Waals surface area contributed by atoms with Crippen molar-refractivity contribution in [3.05, 3.63) is 76.7 Å². The number of aromatic nitrogens is 4. The van der Waals surface area contributed by atoms with Crippen molar-refractivity contribution in [2.45, 2.75) is 27.3 Å². The number of pyridine rings is 1. The maximum absolute atomic E-state index is 12.8. The van der Waals surface area contributed by atoms with Crippen molar-refractivity contribution in [3.8, 4) is 22.5 Å². The van der Waals surface area contributed by atoms with Gasteiger partial charge in [0, 0.05) is 17.2 Å². The summed E-state index contributed by atoms with van der Waals surface area (Å²) >= 11 is 0. The summed E-state index contributed by atoms with van der Waals surface area (Å²) in [6.07, 6.45) is 1.78. The molecular weight excluding hydrogens is 408 g/mol. The number of nitrogens with zero attached hydrogens (tertiary/aromatic N) is 4. The lowest BCUT2D eigenvalue weighted by Crippen LogP contribution is -2.35. The maximum Gasteiger partial charge on any atom is 0.341 e. The second-order valence-corrected chi connectivity index (χ2v) is 8.50. The zero-order valence-corrected chi connectivity index (χ0v) is 17.9. The quantitative estimate of drug-likeness (QED) is 0.519. The van der Waals surface area contributed by atoms with Crippen LogP contribution in [0.5, 0.6) is 0 Å². The molecule has 0 aliphatic heterocycles. The zero-order valence-electron chi connectivity index (χ0n) is 17.9. The Labute approximate surface area is 183 Å². The first-order valence-corrected chi connectivity index (χ1v) is 10.1. The molecule has 0 spiro atoms. The first kappa shape index (κ1) is 21.2. The number of hydrogen-bond donors (Lipinski definition) is 1. The minimum Gasteiger partial charge on any atom is -0.477 e. The molecule has 0 aliphatic carbocycles. The highest BCUT2D eigenvalue weighted by Gasteiger charge is 2.26. The van der Waals surface area contributed by atoms with Crippen LogP contribution in [0.25, 0.3) is 28.0 Å². The minimum atomic E-state index is -1.38. The summed E-state index contributed by atoms with van der Waals surface area (Å²) in [7, 11) is 0. The Balaban J connectivity index is 2.01. The molecule has 1 N–H and O–H groups in total. The van der Waals surface area contributed by atoms with E-state index in [4.69, 9.17) is 0 Å². The van der Waals surface area contributed by atoms with E-state index in [2.05, 4.69) is 10.2 Å². The van der Waals surface area contributed by atoms with E-state index in [1.807, 2.05) is 48.5 Å². The fourth-order valence-corrected chi connectivity index (χ4v) is 3.35. The van der Waals surface area contributed by atoms with Crippen molar-refractivity contribution >= 4 is 17.3 Å². The van der Waals surface area contributed by atoms with Crippen molar-refractivity contribution in [2.24, 2.45) is 5.41 Å². The van der Waals surface area contributed by atoms with Gasteiger partial charge >= 0.3 is 5.97 Å². The van der Waals surface area contributed by atoms with Gasteiger partial charge in [0.2, 0.25) is 0 Å². The molecule has 0 bridgehead atoms. The Kier molecular flexibility index (Phi) is 5.22. The Morgan fingerprint density at radius 3 is 2.34 bits per heavy atom. The fourth-order valence-electron chi connectivity index (χ4n) is 3.35. The molecule has 0 amide bonds. The Morgan fingerprint density at radius 1 is 1.00 bits per heavy atom. The molecule has 0 fully saturated rings. The predicted molar refractivity (Wildman–Crippen MR) is 120 cm³/mol. The molecule has 0 atom stereocenters. The van der Waals surface area contributed by atoms with Gasteiger partial charge in [0.15, 0.2) is 5.78 Å². The summed E-state index contributed by atoms with van der Waals surface area (Å²) in [6.45, 7) is 4.89. The number of Topliss-reactive ketones (excluding diaryl/α,β-unsaturated/α-hetero) is 1. The van der Waals surface area contributed by atoms with Crippen LogP contribution in [0.3, 0.4) is 0 Å². The second kappa shape index (κ2) is 7.88. The number of benzene rings is 1. The zero-order chi connectivity index (χ0) is 23.0. The van der Waals surface area contributed by atoms with E-state index in [0.717, 1.165) is 10.2 Å². The Hall–Kier alpha value is -4.07. The summed E-state index contributed by atoms with van der Waals surface area (Å²) < 4.78 is 2.61. The first-order valence-electron chi connectivity index (χ1n) is 10.1. The molecule has 8 heteroatoms. The number of fused-ring (bicyclic) bond motifs is 1. The lowest BCUT2D eigenvalue weighted by atomic mass is 9.91. The molecule has 32 heavy (non-hydrogen) atoms. The van der Waals surface area contributed by atoms with E-state index in [1.165, 1.54) is 6.07 Å². The molecule has 0 saturated heterocycles. The van der Waals surface area contributed by atoms with Crippen molar-refractivity contribution in [1.82, 2.24) is 19.4 Å². The Bertz CT molecular complexity index is 1400. The number of ketones is 1. The van der Waals surface area contributed by atoms with Crippen LogP contribution in [-0.4, -0.2) is 36.3 Å². The SMILES string of the molecule is CC(C)(C)C(=O)Cn1nc(-c2c(-c3ccccc3)nn3ccccc23)cc(C(=O)O)c1=O. The van der Waals surface area contributed by atoms with Gasteiger partial charge in [-0.2, -0.15) is 10.2 Å². The number of hydrogen-bond acceptors (Lipinski definition) is 5. The van der Waals surface area contributed by atoms with Crippen LogP contribution in [0.2, 0.25) is 0 Å². The van der Waals surface area contributed by atoms with E-state index >= 15 is 0 Å². The van der Waals surface area contributed by atoms with E-state index in [0.29, 0.717) is 16.8 Å². The largest absolute Gasteiger partial charge is 0.477 e. The smallest absolute Gasteiger partial charge is 0.341 e. The predicted octanol–water partition coefficient (Wildman–Crippen LogP) is 3.54. The van der Waals surface area contributed by atoms with Crippen LogP contribution < -0.4 is 5.56 Å². The molecule has 0 saturated carbocycles. The highest BCUT2D eigenvalue weighted by Crippen LogP contribution is 2.34. The third-order valence-corrected chi connectivity index (χ3v) is 5.18. The van der Waals surface area contributed by atoms with Gasteiger partial charge in [0.05, 0.1) is 16.8 Å². The lowest BCUT2D eigenvalue weighted by Gasteiger charge is -2.17. The number of aromatic carboxylic acids is 1. The van der Waals surface area contributed by atoms with Crippen LogP contribution in [-0.2, 0) is 11.3 Å². The molecule has 8 nitrogen and oxygen atoms in total. The number of carbonyl (C=O) groups excluding carboxylic acids is 1. The topological polar surface area (TPSA) is 107 Å². The van der Waals surface area contributed by atoms with Gasteiger partial charge in [-0.15, -0.1) is 0 Å². The van der Waals surface area contributed by atoms with Crippen molar-refractivity contribution < 1.29 is 14.7 Å². The van der Waals surface area contributed by atoms with Gasteiger partial charge in [-0.1, -0.05) is 57.2 Å². The monoisotopic (exact) mass is 430 g/mol. The van der Waals surface area contributed by atoms with Crippen LogP contribution in [0.15, 0.2) is 65.6 Å². The van der Waals surface area contributed by atoms with Gasteiger partial charge in [0.1, 0.15) is 17.8 Å². The number of carbonyl (C=O) groups is 2. The Morgan fingerprint density at radius 2 is 1.69 bits per heavy atom. The molecule has 162 valence electrons. The van der Waals surface area contributed by atoms with Crippen molar-refractivity contribution in [1.29, 1.82) is 0 Å². The van der Waals surface area contributed by atoms with E-state index in [-0.39, 0.29) is 18.0 Å². The van der Waals surface area contributed by atoms with Gasteiger partial charge in [-0.05, 0) is 18.2 Å². The van der Waals surface area contributed by atoms with Gasteiger partial charge in [0.25, 0.3) is 5.56 Å². The number of carboxylic acid groups (broad SMARTS) is 1. The minimum absolute atomic E-state index is 0.233. The lowest BCUT2D eigenvalue weighted by molar-refractivity contribution is -0.127. The first-order chi connectivity index (χ1) is 15.2. The molecule has 3 heterocycles. The fraction of sp³-hybridized carbons (Fsp3) is 0.208. The highest BCUT2D eigenvalue weighted by atomic mass is 16.4. The van der Waals surface area contributed by atoms with Crippen LogP contribution >= 0.6 is 0 Å². The summed E-state index contributed by atoms with van der Waals surface area (Å²) in [5, 5.41) is 18.7. The molecule has 1 aromatic carbocycles. The number of carboxylic acids is 1. The average Bonchev–Trinajstić information content (AvgIpc) is 3.14. The summed E-state index contributed by atoms with van der Waals surface area (Å²) in [5.74, 6) is -1.61. The van der Waals surface area contributed by atoms with E-state index in [1.54, 1.807) is 31.5 Å². The summed E-state index contributed by atoms with van der Waals surface area (Å²) in [4.78, 5) is 37.2. The normalized spacial score (nSPS) is 11.6. The van der Waals surface area contributed by atoms with E-state index < -0.39 is 22.5 Å². The standard InChI is InChI=1S/C24H22N4O4/c1-24(2,3)19(29)14-28-22(30)16(23(31)32)13-17(25-28)20-18-11-7-8-12-27(18)26-21(20)15-9-5-4-6-10-15/h4-13H,14H2,1-3H3,(H,31,32). The second-order valence-electron chi connectivity index (χ2n) is 8.50. The van der Waals surface area contributed by atoms with Gasteiger partial charge in [-0.25, -0.2) is 14.0 Å². The van der Waals surface area contributed by atoms with E-state index in [9.17, 15) is 19.5 Å². The average molecular weight is 430 g/mol. The molecule has 3 aromatic heterocycles.